The summed E-state index contributed by atoms with van der Waals surface area (Å²) in [5.74, 6) is 0.435. The highest BCUT2D eigenvalue weighted by molar-refractivity contribution is 5.89. The van der Waals surface area contributed by atoms with Crippen LogP contribution in [0.3, 0.4) is 0 Å². The highest BCUT2D eigenvalue weighted by atomic mass is 16.2. The Morgan fingerprint density at radius 2 is 1.72 bits per heavy atom. The van der Waals surface area contributed by atoms with E-state index >= 15 is 0 Å². The fourth-order valence-electron chi connectivity index (χ4n) is 4.82. The predicted molar refractivity (Wildman–Crippen MR) is 143 cm³/mol. The van der Waals surface area contributed by atoms with Gasteiger partial charge in [-0.2, -0.15) is 0 Å². The topological polar surface area (TPSA) is 92.2 Å². The van der Waals surface area contributed by atoms with Crippen molar-refractivity contribution in [3.05, 3.63) is 93.9 Å². The molecule has 0 atom stereocenters. The Morgan fingerprint density at radius 3 is 2.44 bits per heavy atom. The fourth-order valence-corrected chi connectivity index (χ4v) is 4.82. The molecule has 184 valence electrons. The fraction of sp³-hybridized carbons (Fsp3) is 0.286. The van der Waals surface area contributed by atoms with Crippen molar-refractivity contribution in [1.82, 2.24) is 19.9 Å². The summed E-state index contributed by atoms with van der Waals surface area (Å²) in [6, 6.07) is 19.4. The van der Waals surface area contributed by atoms with Crippen LogP contribution >= 0.6 is 0 Å². The molecule has 2 amide bonds. The maximum absolute atomic E-state index is 13.5. The Bertz CT molecular complexity index is 1420. The van der Waals surface area contributed by atoms with Gasteiger partial charge in [0.2, 0.25) is 0 Å². The SMILES string of the molecule is Cc1cc(C)cc(NC(=O)NC2CCN(c3nc4cccnc4n(Cc4ccccc4)c3=O)CC2)c1. The number of hydrogen-bond acceptors (Lipinski definition) is 5. The number of nitrogens with one attached hydrogen (secondary N) is 2. The first-order valence-corrected chi connectivity index (χ1v) is 12.3. The van der Waals surface area contributed by atoms with Gasteiger partial charge in [0.15, 0.2) is 11.5 Å². The first kappa shape index (κ1) is 23.5. The van der Waals surface area contributed by atoms with Gasteiger partial charge in [-0.3, -0.25) is 9.36 Å². The third-order valence-electron chi connectivity index (χ3n) is 6.48. The van der Waals surface area contributed by atoms with Gasteiger partial charge in [0, 0.05) is 31.0 Å². The van der Waals surface area contributed by atoms with Crippen LogP contribution in [0.4, 0.5) is 16.3 Å². The number of anilines is 2. The van der Waals surface area contributed by atoms with Crippen molar-refractivity contribution in [3.63, 3.8) is 0 Å². The number of aryl methyl sites for hydroxylation is 2. The highest BCUT2D eigenvalue weighted by Gasteiger charge is 2.25. The quantitative estimate of drug-likeness (QED) is 0.444. The number of hydrogen-bond donors (Lipinski definition) is 2. The van der Waals surface area contributed by atoms with Gasteiger partial charge in [0.25, 0.3) is 5.56 Å². The summed E-state index contributed by atoms with van der Waals surface area (Å²) in [7, 11) is 0. The predicted octanol–water partition coefficient (Wildman–Crippen LogP) is 4.25. The molecule has 1 aliphatic rings. The standard InChI is InChI=1S/C28H30N6O2/c1-19-15-20(2)17-23(16-19)31-28(36)30-22-10-13-33(14-11-22)26-27(35)34(18-21-7-4-3-5-8-21)25-24(32-26)9-6-12-29-25/h3-9,12,15-17,22H,10-11,13-14,18H2,1-2H3,(H2,30,31,36). The van der Waals surface area contributed by atoms with Crippen LogP contribution in [0.2, 0.25) is 0 Å². The molecule has 36 heavy (non-hydrogen) atoms. The second kappa shape index (κ2) is 10.2. The van der Waals surface area contributed by atoms with Gasteiger partial charge in [-0.05, 0) is 67.6 Å². The molecule has 8 heteroatoms. The van der Waals surface area contributed by atoms with Crippen LogP contribution in [-0.2, 0) is 6.54 Å². The van der Waals surface area contributed by atoms with Crippen molar-refractivity contribution >= 4 is 28.7 Å². The Morgan fingerprint density at radius 1 is 1.00 bits per heavy atom. The van der Waals surface area contributed by atoms with Gasteiger partial charge >= 0.3 is 6.03 Å². The number of benzene rings is 2. The number of carbonyl (C=O) groups excluding carboxylic acids is 1. The third-order valence-corrected chi connectivity index (χ3v) is 6.48. The van der Waals surface area contributed by atoms with E-state index in [1.807, 2.05) is 73.3 Å². The Labute approximate surface area is 210 Å². The molecular weight excluding hydrogens is 452 g/mol. The van der Waals surface area contributed by atoms with Crippen LogP contribution < -0.4 is 21.1 Å². The van der Waals surface area contributed by atoms with Gasteiger partial charge in [0.05, 0.1) is 6.54 Å². The molecule has 0 saturated carbocycles. The summed E-state index contributed by atoms with van der Waals surface area (Å²) in [5.41, 5.74) is 5.15. The molecule has 2 N–H and O–H groups in total. The van der Waals surface area contributed by atoms with Crippen LogP contribution in [0.15, 0.2) is 71.7 Å². The van der Waals surface area contributed by atoms with Gasteiger partial charge < -0.3 is 15.5 Å². The van der Waals surface area contributed by atoms with Crippen LogP contribution in [0, 0.1) is 13.8 Å². The highest BCUT2D eigenvalue weighted by Crippen LogP contribution is 2.19. The molecule has 1 fully saturated rings. The number of piperidine rings is 1. The summed E-state index contributed by atoms with van der Waals surface area (Å²) in [5, 5.41) is 6.01. The number of nitrogens with zero attached hydrogens (tertiary/aromatic N) is 4. The van der Waals surface area contributed by atoms with Crippen molar-refractivity contribution in [1.29, 1.82) is 0 Å². The Kier molecular flexibility index (Phi) is 6.66. The smallest absolute Gasteiger partial charge is 0.319 e. The molecule has 8 nitrogen and oxygen atoms in total. The van der Waals surface area contributed by atoms with Crippen LogP contribution in [-0.4, -0.2) is 39.7 Å². The number of amides is 2. The maximum Gasteiger partial charge on any atom is 0.319 e. The lowest BCUT2D eigenvalue weighted by Gasteiger charge is -2.33. The lowest BCUT2D eigenvalue weighted by atomic mass is 10.1. The molecule has 4 aromatic rings. The van der Waals surface area contributed by atoms with Crippen molar-refractivity contribution in [2.45, 2.75) is 39.3 Å². The molecule has 5 rings (SSSR count). The monoisotopic (exact) mass is 482 g/mol. The van der Waals surface area contributed by atoms with Gasteiger partial charge in [-0.25, -0.2) is 14.8 Å². The number of rotatable bonds is 5. The Hall–Kier alpha value is -4.20. The van der Waals surface area contributed by atoms with Crippen LogP contribution in [0.1, 0.15) is 29.5 Å². The van der Waals surface area contributed by atoms with E-state index in [0.717, 1.165) is 35.2 Å². The van der Waals surface area contributed by atoms with Gasteiger partial charge in [0.1, 0.15) is 5.52 Å². The average Bonchev–Trinajstić information content (AvgIpc) is 2.86. The zero-order valence-electron chi connectivity index (χ0n) is 20.6. The minimum Gasteiger partial charge on any atom is -0.352 e. The number of fused-ring (bicyclic) bond motifs is 1. The van der Waals surface area contributed by atoms with Gasteiger partial charge in [-0.15, -0.1) is 0 Å². The third kappa shape index (κ3) is 5.22. The molecular formula is C28H30N6O2. The normalized spacial score (nSPS) is 14.1. The largest absolute Gasteiger partial charge is 0.352 e. The first-order valence-electron chi connectivity index (χ1n) is 12.3. The molecule has 1 aliphatic heterocycles. The second-order valence-electron chi connectivity index (χ2n) is 9.39. The first-order chi connectivity index (χ1) is 17.5. The van der Waals surface area contributed by atoms with Gasteiger partial charge in [-0.1, -0.05) is 36.4 Å². The maximum atomic E-state index is 13.5. The molecule has 1 saturated heterocycles. The van der Waals surface area contributed by atoms with Crippen molar-refractivity contribution in [2.75, 3.05) is 23.3 Å². The van der Waals surface area contributed by atoms with Crippen molar-refractivity contribution in [3.8, 4) is 0 Å². The number of aromatic nitrogens is 3. The van der Waals surface area contributed by atoms with Crippen LogP contribution in [0.5, 0.6) is 0 Å². The van der Waals surface area contributed by atoms with Crippen molar-refractivity contribution in [2.24, 2.45) is 0 Å². The molecule has 0 spiro atoms. The van der Waals surface area contributed by atoms with Crippen LogP contribution in [0.25, 0.3) is 11.2 Å². The summed E-state index contributed by atoms with van der Waals surface area (Å²) < 4.78 is 1.70. The molecule has 0 aliphatic carbocycles. The molecule has 2 aromatic heterocycles. The summed E-state index contributed by atoms with van der Waals surface area (Å²) in [6.45, 7) is 5.72. The number of pyridine rings is 1. The minimum absolute atomic E-state index is 0.0285. The molecule has 0 radical (unpaired) electrons. The number of carbonyl (C=O) groups is 1. The summed E-state index contributed by atoms with van der Waals surface area (Å²) in [6.07, 6.45) is 3.14. The minimum atomic E-state index is -0.210. The zero-order valence-corrected chi connectivity index (χ0v) is 20.6. The molecule has 2 aromatic carbocycles. The Balaban J connectivity index is 1.29. The van der Waals surface area contributed by atoms with E-state index in [4.69, 9.17) is 0 Å². The van der Waals surface area contributed by atoms with E-state index in [0.29, 0.717) is 36.6 Å². The summed E-state index contributed by atoms with van der Waals surface area (Å²) >= 11 is 0. The lowest BCUT2D eigenvalue weighted by molar-refractivity contribution is 0.246. The van der Waals surface area contributed by atoms with E-state index in [1.165, 1.54) is 0 Å². The molecule has 0 unspecified atom stereocenters. The van der Waals surface area contributed by atoms with Crippen molar-refractivity contribution < 1.29 is 4.79 Å². The van der Waals surface area contributed by atoms with E-state index in [-0.39, 0.29) is 17.6 Å². The van der Waals surface area contributed by atoms with E-state index in [9.17, 15) is 9.59 Å². The number of urea groups is 1. The second-order valence-corrected chi connectivity index (χ2v) is 9.39. The van der Waals surface area contributed by atoms with E-state index < -0.39 is 0 Å². The molecule has 3 heterocycles. The van der Waals surface area contributed by atoms with E-state index in [1.54, 1.807) is 10.8 Å². The molecule has 0 bridgehead atoms. The zero-order chi connectivity index (χ0) is 25.1. The van der Waals surface area contributed by atoms with E-state index in [2.05, 4.69) is 26.7 Å². The summed E-state index contributed by atoms with van der Waals surface area (Å²) in [4.78, 5) is 37.3. The lowest BCUT2D eigenvalue weighted by Crippen LogP contribution is -2.47. The average molecular weight is 483 g/mol.